The van der Waals surface area contributed by atoms with E-state index in [2.05, 4.69) is 25.6 Å². The van der Waals surface area contributed by atoms with Gasteiger partial charge in [0.2, 0.25) is 5.95 Å². The van der Waals surface area contributed by atoms with Gasteiger partial charge in [0.15, 0.2) is 0 Å². The summed E-state index contributed by atoms with van der Waals surface area (Å²) < 4.78 is 0. The number of rotatable bonds is 4. The minimum absolute atomic E-state index is 0.411. The fraction of sp³-hybridized carbons (Fsp3) is 0.304. The molecule has 1 saturated carbocycles. The highest BCUT2D eigenvalue weighted by molar-refractivity contribution is 5.84. The molecular formula is C23H27N5O2. The SMILES string of the molecule is C1CCCCC1.Cc1ccc(NC(=O)O)cc1Nc1nccc(-c2ccccn2)n1. The maximum Gasteiger partial charge on any atom is 0.409 e. The standard InChI is InChI=1S/C17H15N5O2.C6H12/c1-11-5-6-12(20-17(23)24)10-15(11)22-16-19-9-7-14(21-16)13-4-2-3-8-18-13;1-2-4-6-5-3-1/h2-10,20H,1H3,(H,23,24)(H,19,21,22);1-6H2. The van der Waals surface area contributed by atoms with Gasteiger partial charge >= 0.3 is 6.09 Å². The van der Waals surface area contributed by atoms with Gasteiger partial charge in [-0.1, -0.05) is 50.7 Å². The van der Waals surface area contributed by atoms with Crippen molar-refractivity contribution in [3.63, 3.8) is 0 Å². The van der Waals surface area contributed by atoms with E-state index in [0.29, 0.717) is 17.3 Å². The molecular weight excluding hydrogens is 378 g/mol. The summed E-state index contributed by atoms with van der Waals surface area (Å²) >= 11 is 0. The predicted octanol–water partition coefficient (Wildman–Crippen LogP) is 6.02. The molecule has 0 atom stereocenters. The van der Waals surface area contributed by atoms with Crippen LogP contribution in [0.5, 0.6) is 0 Å². The van der Waals surface area contributed by atoms with Crippen LogP contribution in [-0.4, -0.2) is 26.2 Å². The highest BCUT2D eigenvalue weighted by Gasteiger charge is 2.07. The zero-order chi connectivity index (χ0) is 21.2. The van der Waals surface area contributed by atoms with E-state index in [1.807, 2.05) is 31.2 Å². The van der Waals surface area contributed by atoms with Crippen LogP contribution in [0.2, 0.25) is 0 Å². The van der Waals surface area contributed by atoms with Crippen molar-refractivity contribution in [2.45, 2.75) is 45.4 Å². The number of aryl methyl sites for hydroxylation is 1. The topological polar surface area (TPSA) is 100 Å². The monoisotopic (exact) mass is 405 g/mol. The van der Waals surface area contributed by atoms with E-state index in [0.717, 1.165) is 16.9 Å². The maximum atomic E-state index is 10.8. The summed E-state index contributed by atoms with van der Waals surface area (Å²) in [5, 5.41) is 14.3. The molecule has 1 aliphatic carbocycles. The van der Waals surface area contributed by atoms with Crippen molar-refractivity contribution in [1.82, 2.24) is 15.0 Å². The third-order valence-corrected chi connectivity index (χ3v) is 4.82. The molecule has 30 heavy (non-hydrogen) atoms. The molecule has 0 spiro atoms. The van der Waals surface area contributed by atoms with Crippen LogP contribution < -0.4 is 10.6 Å². The highest BCUT2D eigenvalue weighted by atomic mass is 16.4. The molecule has 1 amide bonds. The fourth-order valence-corrected chi connectivity index (χ4v) is 3.21. The van der Waals surface area contributed by atoms with E-state index in [1.54, 1.807) is 30.6 Å². The van der Waals surface area contributed by atoms with E-state index < -0.39 is 6.09 Å². The van der Waals surface area contributed by atoms with Crippen molar-refractivity contribution < 1.29 is 9.90 Å². The smallest absolute Gasteiger partial charge is 0.409 e. The number of aromatic nitrogens is 3. The maximum absolute atomic E-state index is 10.8. The molecule has 0 bridgehead atoms. The lowest BCUT2D eigenvalue weighted by Crippen LogP contribution is -2.08. The van der Waals surface area contributed by atoms with Gasteiger partial charge in [0.05, 0.1) is 11.4 Å². The Balaban J connectivity index is 0.000000367. The quantitative estimate of drug-likeness (QED) is 0.491. The zero-order valence-electron chi connectivity index (χ0n) is 17.1. The Morgan fingerprint density at radius 1 is 0.900 bits per heavy atom. The summed E-state index contributed by atoms with van der Waals surface area (Å²) in [5.74, 6) is 0.411. The summed E-state index contributed by atoms with van der Waals surface area (Å²) in [5.41, 5.74) is 3.58. The van der Waals surface area contributed by atoms with Crippen LogP contribution in [0.1, 0.15) is 44.1 Å². The van der Waals surface area contributed by atoms with Gasteiger partial charge in [-0.25, -0.2) is 14.8 Å². The van der Waals surface area contributed by atoms with Crippen LogP contribution in [0.15, 0.2) is 54.9 Å². The number of anilines is 3. The molecule has 4 rings (SSSR count). The number of pyridine rings is 1. The van der Waals surface area contributed by atoms with Crippen molar-refractivity contribution in [3.8, 4) is 11.4 Å². The van der Waals surface area contributed by atoms with Gasteiger partial charge in [0.1, 0.15) is 0 Å². The summed E-state index contributed by atoms with van der Waals surface area (Å²) in [7, 11) is 0. The number of nitrogens with zero attached hydrogens (tertiary/aromatic N) is 3. The lowest BCUT2D eigenvalue weighted by atomic mass is 10.0. The van der Waals surface area contributed by atoms with Crippen LogP contribution in [0.3, 0.4) is 0 Å². The molecule has 2 heterocycles. The molecule has 0 saturated heterocycles. The average Bonchev–Trinajstić information content (AvgIpc) is 2.78. The normalized spacial score (nSPS) is 13.0. The fourth-order valence-electron chi connectivity index (χ4n) is 3.21. The molecule has 0 unspecified atom stereocenters. The first-order valence-corrected chi connectivity index (χ1v) is 10.2. The number of nitrogens with one attached hydrogen (secondary N) is 2. The minimum Gasteiger partial charge on any atom is -0.465 e. The number of hydrogen-bond acceptors (Lipinski definition) is 5. The van der Waals surface area contributed by atoms with Crippen LogP contribution in [-0.2, 0) is 0 Å². The van der Waals surface area contributed by atoms with E-state index in [-0.39, 0.29) is 0 Å². The molecule has 156 valence electrons. The van der Waals surface area contributed by atoms with Gasteiger partial charge in [-0.2, -0.15) is 0 Å². The van der Waals surface area contributed by atoms with Crippen LogP contribution in [0.25, 0.3) is 11.4 Å². The van der Waals surface area contributed by atoms with Gasteiger partial charge in [-0.05, 0) is 42.8 Å². The average molecular weight is 406 g/mol. The number of carboxylic acid groups (broad SMARTS) is 1. The van der Waals surface area contributed by atoms with Crippen LogP contribution in [0.4, 0.5) is 22.1 Å². The number of carbonyl (C=O) groups is 1. The van der Waals surface area contributed by atoms with E-state index in [9.17, 15) is 4.79 Å². The number of benzene rings is 1. The van der Waals surface area contributed by atoms with Crippen molar-refractivity contribution in [3.05, 3.63) is 60.4 Å². The van der Waals surface area contributed by atoms with Gasteiger partial charge in [0, 0.05) is 23.8 Å². The molecule has 1 fully saturated rings. The molecule has 7 heteroatoms. The first-order valence-electron chi connectivity index (χ1n) is 10.2. The molecule has 0 aliphatic heterocycles. The summed E-state index contributed by atoms with van der Waals surface area (Å²) in [6.45, 7) is 1.91. The predicted molar refractivity (Wildman–Crippen MR) is 119 cm³/mol. The third-order valence-electron chi connectivity index (χ3n) is 4.82. The second-order valence-electron chi connectivity index (χ2n) is 7.19. The summed E-state index contributed by atoms with van der Waals surface area (Å²) in [6, 6.07) is 12.6. The van der Waals surface area contributed by atoms with E-state index in [1.165, 1.54) is 38.5 Å². The van der Waals surface area contributed by atoms with Gasteiger partial charge in [-0.15, -0.1) is 0 Å². The summed E-state index contributed by atoms with van der Waals surface area (Å²) in [6.07, 6.45) is 11.2. The van der Waals surface area contributed by atoms with Gasteiger partial charge in [-0.3, -0.25) is 10.3 Å². The Labute approximate surface area is 176 Å². The van der Waals surface area contributed by atoms with E-state index >= 15 is 0 Å². The molecule has 3 aromatic rings. The Bertz CT molecular complexity index is 947. The van der Waals surface area contributed by atoms with E-state index in [4.69, 9.17) is 5.11 Å². The highest BCUT2D eigenvalue weighted by Crippen LogP contribution is 2.24. The Hall–Kier alpha value is -3.48. The second-order valence-corrected chi connectivity index (χ2v) is 7.19. The third kappa shape index (κ3) is 6.55. The Morgan fingerprint density at radius 3 is 2.27 bits per heavy atom. The first-order chi connectivity index (χ1) is 14.6. The van der Waals surface area contributed by atoms with Crippen molar-refractivity contribution >= 4 is 23.4 Å². The molecule has 0 radical (unpaired) electrons. The van der Waals surface area contributed by atoms with Crippen molar-refractivity contribution in [2.24, 2.45) is 0 Å². The Kier molecular flexibility index (Phi) is 7.71. The van der Waals surface area contributed by atoms with Crippen LogP contribution >= 0.6 is 0 Å². The molecule has 7 nitrogen and oxygen atoms in total. The van der Waals surface area contributed by atoms with Crippen molar-refractivity contribution in [1.29, 1.82) is 0 Å². The zero-order valence-corrected chi connectivity index (χ0v) is 17.1. The number of amides is 1. The largest absolute Gasteiger partial charge is 0.465 e. The lowest BCUT2D eigenvalue weighted by molar-refractivity contribution is 0.210. The first kappa shape index (κ1) is 21.2. The van der Waals surface area contributed by atoms with Gasteiger partial charge < -0.3 is 10.4 Å². The Morgan fingerprint density at radius 2 is 1.63 bits per heavy atom. The molecule has 1 aromatic carbocycles. The molecule has 2 aromatic heterocycles. The van der Waals surface area contributed by atoms with Crippen LogP contribution in [0, 0.1) is 6.92 Å². The second kappa shape index (κ2) is 10.9. The minimum atomic E-state index is -1.11. The molecule has 3 N–H and O–H groups in total. The summed E-state index contributed by atoms with van der Waals surface area (Å²) in [4.78, 5) is 23.7. The molecule has 1 aliphatic rings. The lowest BCUT2D eigenvalue weighted by Gasteiger charge is -2.11. The number of hydrogen-bond donors (Lipinski definition) is 3. The van der Waals surface area contributed by atoms with Crippen molar-refractivity contribution in [2.75, 3.05) is 10.6 Å². The van der Waals surface area contributed by atoms with Gasteiger partial charge in [0.25, 0.3) is 0 Å².